The Morgan fingerprint density at radius 1 is 1.27 bits per heavy atom. The highest BCUT2D eigenvalue weighted by Gasteiger charge is 2.86. The van der Waals surface area contributed by atoms with Gasteiger partial charge in [-0.25, -0.2) is 0 Å². The third-order valence-electron chi connectivity index (χ3n) is 4.26. The third kappa shape index (κ3) is 0.478. The maximum Gasteiger partial charge on any atom is 0.0137 e. The lowest BCUT2D eigenvalue weighted by atomic mass is 10.1. The molecule has 3 saturated carbocycles. The molecule has 0 aromatic rings. The van der Waals surface area contributed by atoms with Crippen LogP contribution in [0, 0.1) is 16.7 Å². The first kappa shape index (κ1) is 6.24. The monoisotopic (exact) mass is 149 g/mol. The highest BCUT2D eigenvalue weighted by atomic mass is 14.9. The van der Waals surface area contributed by atoms with Crippen LogP contribution in [-0.4, -0.2) is 6.54 Å². The lowest BCUT2D eigenvalue weighted by molar-refractivity contribution is 0.716. The number of rotatable bonds is 2. The standard InChI is InChI=1S/C10H15N/c1-7(6-11)8-9(2-3-9)10(8)4-5-10/h8H,1-6,11H2. The Morgan fingerprint density at radius 3 is 2.00 bits per heavy atom. The Hall–Kier alpha value is -0.300. The average Bonchev–Trinajstić information content (AvgIpc) is 2.80. The van der Waals surface area contributed by atoms with E-state index >= 15 is 0 Å². The Morgan fingerprint density at radius 2 is 1.73 bits per heavy atom. The molecule has 0 aromatic carbocycles. The zero-order valence-corrected chi connectivity index (χ0v) is 6.90. The fourth-order valence-corrected chi connectivity index (χ4v) is 3.48. The van der Waals surface area contributed by atoms with Crippen molar-refractivity contribution in [2.24, 2.45) is 22.5 Å². The van der Waals surface area contributed by atoms with Gasteiger partial charge in [-0.2, -0.15) is 0 Å². The molecule has 0 unspecified atom stereocenters. The van der Waals surface area contributed by atoms with Gasteiger partial charge in [-0.1, -0.05) is 12.2 Å². The molecule has 1 heteroatoms. The van der Waals surface area contributed by atoms with E-state index in [1.807, 2.05) is 0 Å². The van der Waals surface area contributed by atoms with Crippen LogP contribution in [0.3, 0.4) is 0 Å². The Balaban J connectivity index is 1.87. The molecule has 0 atom stereocenters. The molecular weight excluding hydrogens is 134 g/mol. The van der Waals surface area contributed by atoms with Gasteiger partial charge in [-0.3, -0.25) is 0 Å². The van der Waals surface area contributed by atoms with E-state index in [1.54, 1.807) is 0 Å². The molecule has 3 aliphatic rings. The fourth-order valence-electron chi connectivity index (χ4n) is 3.48. The lowest BCUT2D eigenvalue weighted by Gasteiger charge is -1.97. The first-order chi connectivity index (χ1) is 5.27. The molecule has 0 bridgehead atoms. The van der Waals surface area contributed by atoms with E-state index in [4.69, 9.17) is 5.73 Å². The van der Waals surface area contributed by atoms with Gasteiger partial charge in [0.15, 0.2) is 0 Å². The largest absolute Gasteiger partial charge is 0.327 e. The van der Waals surface area contributed by atoms with E-state index in [-0.39, 0.29) is 0 Å². The molecule has 0 saturated heterocycles. The highest BCUT2D eigenvalue weighted by molar-refractivity contribution is 5.42. The second-order valence-electron chi connectivity index (χ2n) is 4.61. The molecule has 0 heterocycles. The van der Waals surface area contributed by atoms with Gasteiger partial charge in [0.1, 0.15) is 0 Å². The summed E-state index contributed by atoms with van der Waals surface area (Å²) in [4.78, 5) is 0. The normalized spacial score (nSPS) is 39.2. The SMILES string of the molecule is C=C(CN)C1C2(CC2)C12CC2. The maximum absolute atomic E-state index is 5.61. The van der Waals surface area contributed by atoms with Crippen molar-refractivity contribution >= 4 is 0 Å². The predicted molar refractivity (Wildman–Crippen MR) is 45.0 cm³/mol. The van der Waals surface area contributed by atoms with Crippen molar-refractivity contribution in [3.05, 3.63) is 12.2 Å². The van der Waals surface area contributed by atoms with Crippen molar-refractivity contribution in [3.8, 4) is 0 Å². The van der Waals surface area contributed by atoms with Crippen molar-refractivity contribution in [2.75, 3.05) is 6.54 Å². The fraction of sp³-hybridized carbons (Fsp3) is 0.800. The average molecular weight is 149 g/mol. The van der Waals surface area contributed by atoms with Crippen LogP contribution in [0.2, 0.25) is 0 Å². The van der Waals surface area contributed by atoms with Crippen LogP contribution < -0.4 is 5.73 Å². The summed E-state index contributed by atoms with van der Waals surface area (Å²) in [6.07, 6.45) is 5.88. The zero-order chi connectivity index (χ0) is 7.69. The summed E-state index contributed by atoms with van der Waals surface area (Å²) in [5.74, 6) is 0.847. The Labute approximate surface area is 67.7 Å². The molecular formula is C10H15N. The molecule has 0 amide bonds. The molecule has 0 radical (unpaired) electrons. The second-order valence-corrected chi connectivity index (χ2v) is 4.61. The number of fused-ring (bicyclic) bond motifs is 1. The molecule has 3 rings (SSSR count). The van der Waals surface area contributed by atoms with E-state index < -0.39 is 0 Å². The minimum absolute atomic E-state index is 0.716. The molecule has 2 spiro atoms. The van der Waals surface area contributed by atoms with E-state index in [1.165, 1.54) is 31.3 Å². The topological polar surface area (TPSA) is 26.0 Å². The van der Waals surface area contributed by atoms with Crippen LogP contribution in [0.5, 0.6) is 0 Å². The van der Waals surface area contributed by atoms with Crippen molar-refractivity contribution in [2.45, 2.75) is 25.7 Å². The summed E-state index contributed by atoms with van der Waals surface area (Å²) in [6.45, 7) is 4.80. The summed E-state index contributed by atoms with van der Waals surface area (Å²) in [5.41, 5.74) is 8.48. The summed E-state index contributed by atoms with van der Waals surface area (Å²) in [6, 6.07) is 0. The van der Waals surface area contributed by atoms with E-state index in [2.05, 4.69) is 6.58 Å². The van der Waals surface area contributed by atoms with Crippen LogP contribution in [-0.2, 0) is 0 Å². The van der Waals surface area contributed by atoms with E-state index in [9.17, 15) is 0 Å². The quantitative estimate of drug-likeness (QED) is 0.594. The van der Waals surface area contributed by atoms with Gasteiger partial charge in [0.25, 0.3) is 0 Å². The Kier molecular flexibility index (Phi) is 0.809. The summed E-state index contributed by atoms with van der Waals surface area (Å²) in [7, 11) is 0. The second kappa shape index (κ2) is 1.42. The van der Waals surface area contributed by atoms with Crippen molar-refractivity contribution < 1.29 is 0 Å². The van der Waals surface area contributed by atoms with Gasteiger partial charge in [0, 0.05) is 6.54 Å². The molecule has 2 N–H and O–H groups in total. The van der Waals surface area contributed by atoms with Crippen molar-refractivity contribution in [1.82, 2.24) is 0 Å². The van der Waals surface area contributed by atoms with Crippen molar-refractivity contribution in [3.63, 3.8) is 0 Å². The van der Waals surface area contributed by atoms with Gasteiger partial charge in [0.2, 0.25) is 0 Å². The van der Waals surface area contributed by atoms with Gasteiger partial charge < -0.3 is 5.73 Å². The molecule has 0 aliphatic heterocycles. The van der Waals surface area contributed by atoms with E-state index in [0.29, 0.717) is 6.54 Å². The highest BCUT2D eigenvalue weighted by Crippen LogP contribution is 2.93. The number of hydrogen-bond acceptors (Lipinski definition) is 1. The molecule has 1 nitrogen and oxygen atoms in total. The smallest absolute Gasteiger partial charge is 0.0137 e. The zero-order valence-electron chi connectivity index (χ0n) is 6.90. The van der Waals surface area contributed by atoms with Crippen LogP contribution >= 0.6 is 0 Å². The molecule has 3 fully saturated rings. The molecule has 60 valence electrons. The van der Waals surface area contributed by atoms with Gasteiger partial charge >= 0.3 is 0 Å². The maximum atomic E-state index is 5.61. The van der Waals surface area contributed by atoms with Crippen LogP contribution in [0.1, 0.15) is 25.7 Å². The van der Waals surface area contributed by atoms with Gasteiger partial charge in [0.05, 0.1) is 0 Å². The van der Waals surface area contributed by atoms with Crippen LogP contribution in [0.25, 0.3) is 0 Å². The first-order valence-corrected chi connectivity index (χ1v) is 4.65. The summed E-state index contributed by atoms with van der Waals surface area (Å²) < 4.78 is 0. The lowest BCUT2D eigenvalue weighted by Crippen LogP contribution is -2.04. The minimum Gasteiger partial charge on any atom is -0.327 e. The van der Waals surface area contributed by atoms with Crippen molar-refractivity contribution in [1.29, 1.82) is 0 Å². The first-order valence-electron chi connectivity index (χ1n) is 4.65. The third-order valence-corrected chi connectivity index (χ3v) is 4.26. The molecule has 3 aliphatic carbocycles. The number of hydrogen-bond donors (Lipinski definition) is 1. The summed E-state index contributed by atoms with van der Waals surface area (Å²) in [5, 5.41) is 0. The summed E-state index contributed by atoms with van der Waals surface area (Å²) >= 11 is 0. The van der Waals surface area contributed by atoms with E-state index in [0.717, 1.165) is 16.7 Å². The minimum atomic E-state index is 0.716. The Bertz CT molecular complexity index is 215. The van der Waals surface area contributed by atoms with Gasteiger partial charge in [-0.05, 0) is 42.4 Å². The predicted octanol–water partition coefficient (Wildman–Crippen LogP) is 1.69. The van der Waals surface area contributed by atoms with Gasteiger partial charge in [-0.15, -0.1) is 0 Å². The number of nitrogens with two attached hydrogens (primary N) is 1. The van der Waals surface area contributed by atoms with Crippen LogP contribution in [0.4, 0.5) is 0 Å². The molecule has 11 heavy (non-hydrogen) atoms. The van der Waals surface area contributed by atoms with Crippen LogP contribution in [0.15, 0.2) is 12.2 Å². The molecule has 0 aromatic heterocycles.